The largest absolute Gasteiger partial charge is 0.0798 e. The highest BCUT2D eigenvalue weighted by Crippen LogP contribution is 2.35. The highest BCUT2D eigenvalue weighted by atomic mass is 14.2. The second kappa shape index (κ2) is 4.06. The second-order valence-corrected chi connectivity index (χ2v) is 4.21. The Morgan fingerprint density at radius 2 is 1.35 bits per heavy atom. The van der Waals surface area contributed by atoms with Gasteiger partial charge < -0.3 is 0 Å². The van der Waals surface area contributed by atoms with Crippen molar-refractivity contribution in [2.24, 2.45) is 0 Å². The zero-order valence-corrected chi connectivity index (χ0v) is 9.85. The summed E-state index contributed by atoms with van der Waals surface area (Å²) in [5, 5.41) is 0. The first-order valence-electron chi connectivity index (χ1n) is 5.93. The normalized spacial score (nSPS) is 15.2. The Labute approximate surface area is 102 Å². The summed E-state index contributed by atoms with van der Waals surface area (Å²) < 4.78 is 0. The second-order valence-electron chi connectivity index (χ2n) is 4.21. The van der Waals surface area contributed by atoms with Gasteiger partial charge in [-0.25, -0.2) is 0 Å². The van der Waals surface area contributed by atoms with E-state index < -0.39 is 0 Å². The molecule has 1 aliphatic carbocycles. The lowest BCUT2D eigenvalue weighted by Crippen LogP contribution is -1.86. The summed E-state index contributed by atoms with van der Waals surface area (Å²) in [6.07, 6.45) is 6.57. The minimum Gasteiger partial charge on any atom is -0.0798 e. The molecule has 0 aliphatic heterocycles. The topological polar surface area (TPSA) is 0 Å². The summed E-state index contributed by atoms with van der Waals surface area (Å²) in [4.78, 5) is 0. The van der Waals surface area contributed by atoms with Crippen molar-refractivity contribution in [1.82, 2.24) is 0 Å². The van der Waals surface area contributed by atoms with Crippen LogP contribution in [0.25, 0.3) is 22.8 Å². The molecule has 0 bridgehead atoms. The van der Waals surface area contributed by atoms with Gasteiger partial charge in [-0.3, -0.25) is 0 Å². The minimum absolute atomic E-state index is 1.29. The average Bonchev–Trinajstić information content (AvgIpc) is 2.56. The molecule has 0 aromatic heterocycles. The molecule has 0 atom stereocenters. The van der Waals surface area contributed by atoms with E-state index in [9.17, 15) is 0 Å². The zero-order valence-electron chi connectivity index (χ0n) is 9.85. The lowest BCUT2D eigenvalue weighted by atomic mass is 9.95. The van der Waals surface area contributed by atoms with Crippen molar-refractivity contribution in [3.63, 3.8) is 0 Å². The molecule has 0 amide bonds. The van der Waals surface area contributed by atoms with Gasteiger partial charge >= 0.3 is 0 Å². The quantitative estimate of drug-likeness (QED) is 0.596. The van der Waals surface area contributed by atoms with Crippen molar-refractivity contribution in [2.75, 3.05) is 0 Å². The van der Waals surface area contributed by atoms with E-state index in [4.69, 9.17) is 0 Å². The average molecular weight is 218 g/mol. The van der Waals surface area contributed by atoms with Crippen LogP contribution in [0.2, 0.25) is 0 Å². The van der Waals surface area contributed by atoms with E-state index in [1.165, 1.54) is 27.8 Å². The van der Waals surface area contributed by atoms with Gasteiger partial charge in [-0.15, -0.1) is 0 Å². The standard InChI is InChI=1S/C17H14/c1-2-13-11-12-14-7-3-4-9-16(14)17-10-6-5-8-15(13)17/h2-12H,1H3. The third-order valence-corrected chi connectivity index (χ3v) is 3.24. The predicted octanol–water partition coefficient (Wildman–Crippen LogP) is 4.78. The Bertz CT molecular complexity index is 615. The van der Waals surface area contributed by atoms with Crippen LogP contribution >= 0.6 is 0 Å². The molecule has 0 heterocycles. The predicted molar refractivity (Wildman–Crippen MR) is 74.6 cm³/mol. The Hall–Kier alpha value is -2.08. The van der Waals surface area contributed by atoms with E-state index in [2.05, 4.69) is 73.7 Å². The van der Waals surface area contributed by atoms with E-state index in [-0.39, 0.29) is 0 Å². The third-order valence-electron chi connectivity index (χ3n) is 3.24. The maximum Gasteiger partial charge on any atom is -0.00995 e. The Morgan fingerprint density at radius 1 is 0.706 bits per heavy atom. The highest BCUT2D eigenvalue weighted by molar-refractivity contribution is 5.93. The molecule has 0 saturated carbocycles. The van der Waals surface area contributed by atoms with Crippen molar-refractivity contribution < 1.29 is 0 Å². The van der Waals surface area contributed by atoms with E-state index in [1.54, 1.807) is 0 Å². The van der Waals surface area contributed by atoms with Crippen LogP contribution in [0.4, 0.5) is 0 Å². The van der Waals surface area contributed by atoms with Crippen LogP contribution < -0.4 is 0 Å². The summed E-state index contributed by atoms with van der Waals surface area (Å²) in [6, 6.07) is 17.1. The molecule has 0 unspecified atom stereocenters. The molecular formula is C17H14. The monoisotopic (exact) mass is 218 g/mol. The molecule has 0 N–H and O–H groups in total. The van der Waals surface area contributed by atoms with Gasteiger partial charge in [0.25, 0.3) is 0 Å². The molecule has 2 aromatic rings. The van der Waals surface area contributed by atoms with E-state index in [1.807, 2.05) is 0 Å². The smallest absolute Gasteiger partial charge is 0.00995 e. The fourth-order valence-electron chi connectivity index (χ4n) is 2.38. The summed E-state index contributed by atoms with van der Waals surface area (Å²) >= 11 is 0. The van der Waals surface area contributed by atoms with Crippen molar-refractivity contribution in [1.29, 1.82) is 0 Å². The van der Waals surface area contributed by atoms with Crippen LogP contribution in [-0.2, 0) is 0 Å². The summed E-state index contributed by atoms with van der Waals surface area (Å²) in [6.45, 7) is 2.09. The van der Waals surface area contributed by atoms with Crippen molar-refractivity contribution >= 4 is 11.6 Å². The van der Waals surface area contributed by atoms with E-state index in [0.29, 0.717) is 0 Å². The van der Waals surface area contributed by atoms with E-state index >= 15 is 0 Å². The summed E-state index contributed by atoms with van der Waals surface area (Å²) in [7, 11) is 0. The van der Waals surface area contributed by atoms with Crippen LogP contribution in [0.3, 0.4) is 0 Å². The minimum atomic E-state index is 1.29. The molecule has 82 valence electrons. The number of rotatable bonds is 0. The summed E-state index contributed by atoms with van der Waals surface area (Å²) in [5.41, 5.74) is 6.53. The first-order chi connectivity index (χ1) is 8.40. The van der Waals surface area contributed by atoms with Crippen molar-refractivity contribution in [3.8, 4) is 11.1 Å². The molecule has 0 nitrogen and oxygen atoms in total. The number of fused-ring (bicyclic) bond motifs is 3. The fourth-order valence-corrected chi connectivity index (χ4v) is 2.38. The van der Waals surface area contributed by atoms with Gasteiger partial charge in [0.1, 0.15) is 0 Å². The number of allylic oxidation sites excluding steroid dienone is 3. The van der Waals surface area contributed by atoms with Gasteiger partial charge in [-0.05, 0) is 34.8 Å². The third kappa shape index (κ3) is 1.62. The zero-order chi connectivity index (χ0) is 11.7. The van der Waals surface area contributed by atoms with Crippen LogP contribution in [0.15, 0.2) is 60.7 Å². The molecule has 0 radical (unpaired) electrons. The molecule has 0 fully saturated rings. The molecular weight excluding hydrogens is 204 g/mol. The number of hydrogen-bond acceptors (Lipinski definition) is 0. The van der Waals surface area contributed by atoms with Gasteiger partial charge in [-0.1, -0.05) is 66.8 Å². The maximum absolute atomic E-state index is 2.20. The Kier molecular flexibility index (Phi) is 2.41. The van der Waals surface area contributed by atoms with E-state index in [0.717, 1.165) is 0 Å². The van der Waals surface area contributed by atoms with Crippen molar-refractivity contribution in [3.05, 3.63) is 71.8 Å². The van der Waals surface area contributed by atoms with Crippen LogP contribution in [0.5, 0.6) is 0 Å². The number of hydrogen-bond donors (Lipinski definition) is 0. The van der Waals surface area contributed by atoms with Gasteiger partial charge in [0, 0.05) is 0 Å². The highest BCUT2D eigenvalue weighted by Gasteiger charge is 2.12. The van der Waals surface area contributed by atoms with Crippen LogP contribution in [-0.4, -0.2) is 0 Å². The van der Waals surface area contributed by atoms with Gasteiger partial charge in [0.05, 0.1) is 0 Å². The fraction of sp³-hybridized carbons (Fsp3) is 0.0588. The van der Waals surface area contributed by atoms with Crippen molar-refractivity contribution in [2.45, 2.75) is 6.92 Å². The van der Waals surface area contributed by atoms with Gasteiger partial charge in [0.15, 0.2) is 0 Å². The molecule has 0 saturated heterocycles. The summed E-state index contributed by atoms with van der Waals surface area (Å²) in [5.74, 6) is 0. The molecule has 0 heteroatoms. The Morgan fingerprint density at radius 3 is 2.12 bits per heavy atom. The molecule has 2 aromatic carbocycles. The maximum atomic E-state index is 2.20. The number of benzene rings is 2. The molecule has 0 spiro atoms. The van der Waals surface area contributed by atoms with Crippen LogP contribution in [0, 0.1) is 0 Å². The lowest BCUT2D eigenvalue weighted by molar-refractivity contribution is 1.56. The lowest BCUT2D eigenvalue weighted by Gasteiger charge is -2.09. The van der Waals surface area contributed by atoms with Gasteiger partial charge in [0.2, 0.25) is 0 Å². The first-order valence-corrected chi connectivity index (χ1v) is 5.93. The molecule has 1 aliphatic rings. The van der Waals surface area contributed by atoms with Crippen LogP contribution in [0.1, 0.15) is 18.1 Å². The first kappa shape index (κ1) is 10.1. The molecule has 3 rings (SSSR count). The molecule has 17 heavy (non-hydrogen) atoms. The van der Waals surface area contributed by atoms with Gasteiger partial charge in [-0.2, -0.15) is 0 Å². The Balaban J connectivity index is 2.38. The SMILES string of the molecule is CC=C1C=Cc2ccccc2-c2ccccc21.